The molecule has 0 saturated heterocycles. The molecule has 0 saturated carbocycles. The van der Waals surface area contributed by atoms with Crippen LogP contribution in [0.5, 0.6) is 5.75 Å². The maximum absolute atomic E-state index is 11.8. The molecule has 128 valence electrons. The van der Waals surface area contributed by atoms with Crippen LogP contribution in [-0.2, 0) is 4.79 Å². The van der Waals surface area contributed by atoms with Crippen molar-refractivity contribution in [3.63, 3.8) is 0 Å². The van der Waals surface area contributed by atoms with Gasteiger partial charge in [0.1, 0.15) is 11.3 Å². The second-order valence-corrected chi connectivity index (χ2v) is 7.50. The zero-order valence-corrected chi connectivity index (χ0v) is 16.6. The van der Waals surface area contributed by atoms with Crippen LogP contribution in [0.15, 0.2) is 60.1 Å². The van der Waals surface area contributed by atoms with Crippen LogP contribution in [0.1, 0.15) is 5.56 Å². The summed E-state index contributed by atoms with van der Waals surface area (Å²) in [4.78, 5) is 16.1. The molecule has 25 heavy (non-hydrogen) atoms. The first-order valence-corrected chi connectivity index (χ1v) is 9.58. The third-order valence-corrected chi connectivity index (χ3v) is 5.08. The van der Waals surface area contributed by atoms with Crippen LogP contribution in [0.2, 0.25) is 0 Å². The van der Waals surface area contributed by atoms with E-state index in [1.807, 2.05) is 24.3 Å². The molecule has 0 radical (unpaired) electrons. The largest absolute Gasteiger partial charge is 0.506 e. The molecule has 1 aromatic heterocycles. The maximum Gasteiger partial charge on any atom is 0.257 e. The van der Waals surface area contributed by atoms with Crippen LogP contribution in [0, 0.1) is 0 Å². The number of nitrogens with zero attached hydrogens (tertiary/aromatic N) is 2. The Bertz CT molecular complexity index is 903. The molecule has 3 rings (SSSR count). The summed E-state index contributed by atoms with van der Waals surface area (Å²) >= 11 is 7.66. The van der Waals surface area contributed by atoms with Gasteiger partial charge in [-0.25, -0.2) is 10.4 Å². The second kappa shape index (κ2) is 8.03. The van der Waals surface area contributed by atoms with Gasteiger partial charge >= 0.3 is 0 Å². The first-order valence-electron chi connectivity index (χ1n) is 7.01. The van der Waals surface area contributed by atoms with Gasteiger partial charge in [-0.15, -0.1) is 0 Å². The van der Waals surface area contributed by atoms with E-state index in [4.69, 9.17) is 4.42 Å². The number of halogens is 2. The van der Waals surface area contributed by atoms with Crippen molar-refractivity contribution in [2.75, 3.05) is 5.75 Å². The van der Waals surface area contributed by atoms with E-state index in [1.54, 1.807) is 12.1 Å². The third-order valence-electron chi connectivity index (χ3n) is 3.04. The van der Waals surface area contributed by atoms with E-state index in [9.17, 15) is 9.90 Å². The Morgan fingerprint density at radius 2 is 2.04 bits per heavy atom. The molecular weight excluding hydrogens is 474 g/mol. The molecule has 0 aliphatic heterocycles. The lowest BCUT2D eigenvalue weighted by atomic mass is 10.2. The number of para-hydroxylation sites is 2. The van der Waals surface area contributed by atoms with Gasteiger partial charge in [0, 0.05) is 0 Å². The number of phenols is 1. The summed E-state index contributed by atoms with van der Waals surface area (Å²) in [5.41, 5.74) is 4.59. The summed E-state index contributed by atoms with van der Waals surface area (Å²) in [6.07, 6.45) is 1.48. The van der Waals surface area contributed by atoms with Gasteiger partial charge in [0.2, 0.25) is 0 Å². The SMILES string of the molecule is O=C(CSc1nc2ccccc2o1)N/N=C\c1cc(Br)c(O)c(Br)c1. The van der Waals surface area contributed by atoms with Crippen LogP contribution < -0.4 is 5.43 Å². The van der Waals surface area contributed by atoms with E-state index in [0.717, 1.165) is 5.52 Å². The number of thioether (sulfide) groups is 1. The monoisotopic (exact) mass is 483 g/mol. The summed E-state index contributed by atoms with van der Waals surface area (Å²) < 4.78 is 6.59. The standard InChI is InChI=1S/C16H11Br2N3O3S/c17-10-5-9(6-11(18)15(10)23)7-19-21-14(22)8-25-16-20-12-3-1-2-4-13(12)24-16/h1-7,23H,8H2,(H,21,22)/b19-7-. The molecule has 0 spiro atoms. The van der Waals surface area contributed by atoms with Crippen molar-refractivity contribution >= 4 is 66.8 Å². The van der Waals surface area contributed by atoms with E-state index >= 15 is 0 Å². The highest BCUT2D eigenvalue weighted by atomic mass is 79.9. The molecule has 1 heterocycles. The molecule has 0 fully saturated rings. The number of hydrazone groups is 1. The van der Waals surface area contributed by atoms with Crippen LogP contribution in [0.25, 0.3) is 11.1 Å². The highest BCUT2D eigenvalue weighted by molar-refractivity contribution is 9.11. The number of phenolic OH excluding ortho intramolecular Hbond substituents is 1. The number of carbonyl (C=O) groups is 1. The van der Waals surface area contributed by atoms with Crippen LogP contribution in [-0.4, -0.2) is 28.0 Å². The van der Waals surface area contributed by atoms with E-state index in [-0.39, 0.29) is 17.4 Å². The number of aromatic nitrogens is 1. The van der Waals surface area contributed by atoms with Gasteiger partial charge in [-0.2, -0.15) is 5.10 Å². The van der Waals surface area contributed by atoms with Crippen LogP contribution in [0.3, 0.4) is 0 Å². The van der Waals surface area contributed by atoms with Crippen molar-refractivity contribution < 1.29 is 14.3 Å². The molecule has 1 amide bonds. The highest BCUT2D eigenvalue weighted by Gasteiger charge is 2.09. The molecule has 2 aromatic carbocycles. The number of nitrogens with one attached hydrogen (secondary N) is 1. The lowest BCUT2D eigenvalue weighted by molar-refractivity contribution is -0.118. The molecule has 9 heteroatoms. The summed E-state index contributed by atoms with van der Waals surface area (Å²) in [6, 6.07) is 10.8. The Kier molecular flexibility index (Phi) is 5.77. The minimum atomic E-state index is -0.277. The molecule has 0 aliphatic carbocycles. The van der Waals surface area contributed by atoms with Gasteiger partial charge in [-0.1, -0.05) is 23.9 Å². The van der Waals surface area contributed by atoms with Crippen molar-refractivity contribution in [3.05, 3.63) is 50.9 Å². The molecular formula is C16H11Br2N3O3S. The van der Waals surface area contributed by atoms with Crippen molar-refractivity contribution in [1.29, 1.82) is 0 Å². The molecule has 0 bridgehead atoms. The predicted molar refractivity (Wildman–Crippen MR) is 104 cm³/mol. The number of oxazole rings is 1. The van der Waals surface area contributed by atoms with Gasteiger partial charge in [-0.05, 0) is 61.7 Å². The van der Waals surface area contributed by atoms with Crippen molar-refractivity contribution in [3.8, 4) is 5.75 Å². The zero-order valence-electron chi connectivity index (χ0n) is 12.6. The van der Waals surface area contributed by atoms with E-state index in [2.05, 4.69) is 47.4 Å². The average molecular weight is 485 g/mol. The smallest absolute Gasteiger partial charge is 0.257 e. The first-order chi connectivity index (χ1) is 12.0. The Hall–Kier alpha value is -1.84. The molecule has 0 aliphatic rings. The Morgan fingerprint density at radius 1 is 1.32 bits per heavy atom. The van der Waals surface area contributed by atoms with Gasteiger partial charge in [0.15, 0.2) is 5.58 Å². The zero-order chi connectivity index (χ0) is 17.8. The fourth-order valence-corrected chi connectivity index (χ4v) is 3.76. The van der Waals surface area contributed by atoms with E-state index in [1.165, 1.54) is 18.0 Å². The summed E-state index contributed by atoms with van der Waals surface area (Å²) in [7, 11) is 0. The van der Waals surface area contributed by atoms with Crippen LogP contribution in [0.4, 0.5) is 0 Å². The number of fused-ring (bicyclic) bond motifs is 1. The molecule has 0 unspecified atom stereocenters. The van der Waals surface area contributed by atoms with E-state index in [0.29, 0.717) is 25.3 Å². The summed E-state index contributed by atoms with van der Waals surface area (Å²) in [6.45, 7) is 0. The first kappa shape index (κ1) is 18.0. The summed E-state index contributed by atoms with van der Waals surface area (Å²) in [5, 5.41) is 14.0. The highest BCUT2D eigenvalue weighted by Crippen LogP contribution is 2.32. The topological polar surface area (TPSA) is 87.7 Å². The lowest BCUT2D eigenvalue weighted by Gasteiger charge is -2.02. The van der Waals surface area contributed by atoms with Gasteiger partial charge < -0.3 is 9.52 Å². The quantitative estimate of drug-likeness (QED) is 0.320. The van der Waals surface area contributed by atoms with Crippen molar-refractivity contribution in [2.45, 2.75) is 5.22 Å². The lowest BCUT2D eigenvalue weighted by Crippen LogP contribution is -2.19. The van der Waals surface area contributed by atoms with Crippen molar-refractivity contribution in [1.82, 2.24) is 10.4 Å². The number of amides is 1. The number of hydrogen-bond donors (Lipinski definition) is 2. The normalized spacial score (nSPS) is 11.3. The molecule has 6 nitrogen and oxygen atoms in total. The average Bonchev–Trinajstić information content (AvgIpc) is 3.01. The number of carbonyl (C=O) groups excluding carboxylic acids is 1. The summed E-state index contributed by atoms with van der Waals surface area (Å²) in [5.74, 6) is -0.0380. The molecule has 3 aromatic rings. The maximum atomic E-state index is 11.8. The molecule has 0 atom stereocenters. The van der Waals surface area contributed by atoms with Crippen molar-refractivity contribution in [2.24, 2.45) is 5.10 Å². The predicted octanol–water partition coefficient (Wildman–Crippen LogP) is 4.30. The Morgan fingerprint density at radius 3 is 2.76 bits per heavy atom. The number of hydrogen-bond acceptors (Lipinski definition) is 6. The van der Waals surface area contributed by atoms with Gasteiger partial charge in [-0.3, -0.25) is 4.79 Å². The second-order valence-electron chi connectivity index (χ2n) is 4.86. The number of rotatable bonds is 5. The third kappa shape index (κ3) is 4.62. The van der Waals surface area contributed by atoms with E-state index < -0.39 is 0 Å². The fourth-order valence-electron chi connectivity index (χ4n) is 1.91. The number of aromatic hydroxyl groups is 1. The van der Waals surface area contributed by atoms with Gasteiger partial charge in [0.05, 0.1) is 20.9 Å². The van der Waals surface area contributed by atoms with Gasteiger partial charge in [0.25, 0.3) is 11.1 Å². The number of benzene rings is 2. The molecule has 2 N–H and O–H groups in total. The Labute approximate surface area is 164 Å². The fraction of sp³-hybridized carbons (Fsp3) is 0.0625. The minimum absolute atomic E-state index is 0.107. The van der Waals surface area contributed by atoms with Crippen LogP contribution >= 0.6 is 43.6 Å². The Balaban J connectivity index is 1.54. The minimum Gasteiger partial charge on any atom is -0.506 e.